The Balaban J connectivity index is 0.00000243. The summed E-state index contributed by atoms with van der Waals surface area (Å²) in [5.41, 5.74) is 1.15. The molecule has 1 aromatic heterocycles. The van der Waals surface area contributed by atoms with Gasteiger partial charge >= 0.3 is 0 Å². The molecule has 146 valence electrons. The Labute approximate surface area is 174 Å². The van der Waals surface area contributed by atoms with E-state index in [9.17, 15) is 0 Å². The minimum atomic E-state index is 0. The predicted octanol–water partition coefficient (Wildman–Crippen LogP) is 2.45. The minimum Gasteiger partial charge on any atom is -0.357 e. The standard InChI is InChI=1S/C19H32N6.HI/c1-3-20-19(23-17-6-4-5-7-17)22-15-16-8-9-18(21-14-16)25-12-10-24(2)11-13-25;/h8-9,14,17H,3-7,10-13,15H2,1-2H3,(H2,20,22,23);1H. The van der Waals surface area contributed by atoms with Gasteiger partial charge in [-0.3, -0.25) is 0 Å². The lowest BCUT2D eigenvalue weighted by Crippen LogP contribution is -2.44. The third-order valence-corrected chi connectivity index (χ3v) is 5.10. The maximum atomic E-state index is 4.73. The minimum absolute atomic E-state index is 0. The molecule has 0 aromatic carbocycles. The molecule has 0 atom stereocenters. The highest BCUT2D eigenvalue weighted by molar-refractivity contribution is 14.0. The number of nitrogens with zero attached hydrogens (tertiary/aromatic N) is 4. The number of aromatic nitrogens is 1. The van der Waals surface area contributed by atoms with Crippen LogP contribution in [0.5, 0.6) is 0 Å². The van der Waals surface area contributed by atoms with Crippen LogP contribution < -0.4 is 15.5 Å². The molecule has 3 rings (SSSR count). The molecule has 1 aromatic rings. The summed E-state index contributed by atoms with van der Waals surface area (Å²) in [6.07, 6.45) is 7.14. The van der Waals surface area contributed by atoms with Crippen molar-refractivity contribution in [2.75, 3.05) is 44.7 Å². The van der Waals surface area contributed by atoms with Gasteiger partial charge in [-0.2, -0.15) is 0 Å². The van der Waals surface area contributed by atoms with Crippen LogP contribution >= 0.6 is 24.0 Å². The first-order valence-corrected chi connectivity index (χ1v) is 9.68. The third kappa shape index (κ3) is 6.26. The Morgan fingerprint density at radius 3 is 2.54 bits per heavy atom. The molecule has 2 N–H and O–H groups in total. The zero-order valence-corrected chi connectivity index (χ0v) is 18.4. The number of rotatable bonds is 5. The molecule has 2 fully saturated rings. The average Bonchev–Trinajstić information content (AvgIpc) is 3.14. The Morgan fingerprint density at radius 2 is 1.92 bits per heavy atom. The topological polar surface area (TPSA) is 55.8 Å². The second kappa shape index (κ2) is 10.9. The maximum Gasteiger partial charge on any atom is 0.191 e. The van der Waals surface area contributed by atoms with E-state index in [1.54, 1.807) is 0 Å². The average molecular weight is 472 g/mol. The van der Waals surface area contributed by atoms with Crippen molar-refractivity contribution in [3.63, 3.8) is 0 Å². The number of aliphatic imine (C=N–C) groups is 1. The Bertz CT molecular complexity index is 548. The van der Waals surface area contributed by atoms with Crippen LogP contribution in [0.1, 0.15) is 38.2 Å². The first-order valence-electron chi connectivity index (χ1n) is 9.68. The van der Waals surface area contributed by atoms with Crippen LogP contribution in [0, 0.1) is 0 Å². The highest BCUT2D eigenvalue weighted by Gasteiger charge is 2.16. The van der Waals surface area contributed by atoms with E-state index in [0.717, 1.165) is 50.1 Å². The SMILES string of the molecule is CCNC(=NCc1ccc(N2CCN(C)CC2)nc1)NC1CCCC1.I. The van der Waals surface area contributed by atoms with Crippen LogP contribution in [-0.4, -0.2) is 61.7 Å². The molecule has 0 bridgehead atoms. The lowest BCUT2D eigenvalue weighted by Gasteiger charge is -2.33. The van der Waals surface area contributed by atoms with Gasteiger partial charge in [0.2, 0.25) is 0 Å². The summed E-state index contributed by atoms with van der Waals surface area (Å²) < 4.78 is 0. The van der Waals surface area contributed by atoms with E-state index in [1.807, 2.05) is 6.20 Å². The predicted molar refractivity (Wildman–Crippen MR) is 120 cm³/mol. The number of halogens is 1. The Kier molecular flexibility index (Phi) is 8.90. The fourth-order valence-corrected chi connectivity index (χ4v) is 3.49. The monoisotopic (exact) mass is 472 g/mol. The van der Waals surface area contributed by atoms with Gasteiger partial charge < -0.3 is 20.4 Å². The van der Waals surface area contributed by atoms with Gasteiger partial charge in [0, 0.05) is 45.0 Å². The van der Waals surface area contributed by atoms with Gasteiger partial charge in [-0.15, -0.1) is 24.0 Å². The molecule has 6 nitrogen and oxygen atoms in total. The maximum absolute atomic E-state index is 4.73. The summed E-state index contributed by atoms with van der Waals surface area (Å²) >= 11 is 0. The van der Waals surface area contributed by atoms with Crippen molar-refractivity contribution in [2.24, 2.45) is 4.99 Å². The number of guanidine groups is 1. The molecule has 1 aliphatic heterocycles. The summed E-state index contributed by atoms with van der Waals surface area (Å²) in [6.45, 7) is 7.97. The quantitative estimate of drug-likeness (QED) is 0.392. The van der Waals surface area contributed by atoms with Crippen molar-refractivity contribution in [2.45, 2.75) is 45.2 Å². The highest BCUT2D eigenvalue weighted by atomic mass is 127. The van der Waals surface area contributed by atoms with E-state index >= 15 is 0 Å². The van der Waals surface area contributed by atoms with Crippen LogP contribution in [0.25, 0.3) is 0 Å². The van der Waals surface area contributed by atoms with Crippen molar-refractivity contribution >= 4 is 35.8 Å². The highest BCUT2D eigenvalue weighted by Crippen LogP contribution is 2.17. The molecule has 0 radical (unpaired) electrons. The molecule has 1 saturated carbocycles. The van der Waals surface area contributed by atoms with E-state index in [0.29, 0.717) is 12.6 Å². The van der Waals surface area contributed by atoms with Crippen molar-refractivity contribution in [1.29, 1.82) is 0 Å². The van der Waals surface area contributed by atoms with Gasteiger partial charge in [0.1, 0.15) is 5.82 Å². The Hall–Kier alpha value is -1.09. The first kappa shape index (κ1) is 21.2. The smallest absolute Gasteiger partial charge is 0.191 e. The molecule has 7 heteroatoms. The summed E-state index contributed by atoms with van der Waals surface area (Å²) in [4.78, 5) is 14.1. The van der Waals surface area contributed by atoms with E-state index in [2.05, 4.69) is 51.5 Å². The number of pyridine rings is 1. The fourth-order valence-electron chi connectivity index (χ4n) is 3.49. The number of piperazine rings is 1. The van der Waals surface area contributed by atoms with Crippen LogP contribution in [0.3, 0.4) is 0 Å². The van der Waals surface area contributed by atoms with Crippen LogP contribution in [0.2, 0.25) is 0 Å². The van der Waals surface area contributed by atoms with E-state index in [1.165, 1.54) is 25.7 Å². The van der Waals surface area contributed by atoms with Crippen molar-refractivity contribution in [3.05, 3.63) is 23.9 Å². The van der Waals surface area contributed by atoms with E-state index in [-0.39, 0.29) is 24.0 Å². The number of hydrogen-bond donors (Lipinski definition) is 2. The molecule has 2 heterocycles. The molecule has 1 saturated heterocycles. The molecule has 1 aliphatic carbocycles. The van der Waals surface area contributed by atoms with Crippen molar-refractivity contribution < 1.29 is 0 Å². The lowest BCUT2D eigenvalue weighted by atomic mass is 10.2. The van der Waals surface area contributed by atoms with Gasteiger partial charge in [-0.1, -0.05) is 18.9 Å². The largest absolute Gasteiger partial charge is 0.357 e. The first-order chi connectivity index (χ1) is 12.2. The van der Waals surface area contributed by atoms with Crippen LogP contribution in [-0.2, 0) is 6.54 Å². The molecule has 0 amide bonds. The van der Waals surface area contributed by atoms with E-state index in [4.69, 9.17) is 4.99 Å². The van der Waals surface area contributed by atoms with E-state index < -0.39 is 0 Å². The second-order valence-corrected chi connectivity index (χ2v) is 7.14. The van der Waals surface area contributed by atoms with Crippen molar-refractivity contribution in [3.8, 4) is 0 Å². The van der Waals surface area contributed by atoms with Crippen LogP contribution in [0.15, 0.2) is 23.3 Å². The van der Waals surface area contributed by atoms with Gasteiger partial charge in [-0.25, -0.2) is 9.98 Å². The van der Waals surface area contributed by atoms with Crippen LogP contribution in [0.4, 0.5) is 5.82 Å². The Morgan fingerprint density at radius 1 is 1.19 bits per heavy atom. The zero-order chi connectivity index (χ0) is 17.5. The molecule has 26 heavy (non-hydrogen) atoms. The lowest BCUT2D eigenvalue weighted by molar-refractivity contribution is 0.312. The molecule has 2 aliphatic rings. The summed E-state index contributed by atoms with van der Waals surface area (Å²) in [6, 6.07) is 4.87. The van der Waals surface area contributed by atoms with Gasteiger partial charge in [-0.05, 0) is 38.4 Å². The van der Waals surface area contributed by atoms with Crippen molar-refractivity contribution in [1.82, 2.24) is 20.5 Å². The summed E-state index contributed by atoms with van der Waals surface area (Å²) in [7, 11) is 2.17. The van der Waals surface area contributed by atoms with Gasteiger partial charge in [0.05, 0.1) is 6.54 Å². The number of anilines is 1. The summed E-state index contributed by atoms with van der Waals surface area (Å²) in [5, 5.41) is 6.91. The second-order valence-electron chi connectivity index (χ2n) is 7.14. The molecular formula is C19H33IN6. The zero-order valence-electron chi connectivity index (χ0n) is 16.1. The molecular weight excluding hydrogens is 439 g/mol. The summed E-state index contributed by atoms with van der Waals surface area (Å²) in [5.74, 6) is 2.01. The molecule has 0 unspecified atom stereocenters. The number of likely N-dealkylation sites (N-methyl/N-ethyl adjacent to an activating group) is 1. The fraction of sp³-hybridized carbons (Fsp3) is 0.684. The van der Waals surface area contributed by atoms with Gasteiger partial charge in [0.15, 0.2) is 5.96 Å². The third-order valence-electron chi connectivity index (χ3n) is 5.10. The normalized spacial score (nSPS) is 19.3. The number of hydrogen-bond acceptors (Lipinski definition) is 4. The van der Waals surface area contributed by atoms with Gasteiger partial charge in [0.25, 0.3) is 0 Å². The molecule has 0 spiro atoms. The number of nitrogens with one attached hydrogen (secondary N) is 2.